The first-order chi connectivity index (χ1) is 11.9. The Morgan fingerprint density at radius 3 is 2.32 bits per heavy atom. The van der Waals surface area contributed by atoms with Crippen LogP contribution in [0.25, 0.3) is 0 Å². The standard InChI is InChI=1S/C17H17NO6S/c1-23-17(20)14-9-5-6-10-15(14)25(21,22)18-11-16(19)24-12-13-7-3-2-4-8-13/h2-10,18H,11-12H2,1H3. The van der Waals surface area contributed by atoms with Gasteiger partial charge in [-0.25, -0.2) is 13.2 Å². The van der Waals surface area contributed by atoms with Gasteiger partial charge in [0.05, 0.1) is 17.6 Å². The molecule has 2 aromatic rings. The highest BCUT2D eigenvalue weighted by Crippen LogP contribution is 2.16. The Morgan fingerprint density at radius 2 is 1.64 bits per heavy atom. The minimum absolute atomic E-state index is 0.0418. The van der Waals surface area contributed by atoms with Crippen molar-refractivity contribution in [3.8, 4) is 0 Å². The summed E-state index contributed by atoms with van der Waals surface area (Å²) in [6.45, 7) is -0.509. The molecule has 0 amide bonds. The number of sulfonamides is 1. The minimum Gasteiger partial charge on any atom is -0.465 e. The molecule has 2 rings (SSSR count). The van der Waals surface area contributed by atoms with Gasteiger partial charge < -0.3 is 9.47 Å². The molecule has 0 aliphatic heterocycles. The quantitative estimate of drug-likeness (QED) is 0.749. The summed E-state index contributed by atoms with van der Waals surface area (Å²) in [5, 5.41) is 0. The van der Waals surface area contributed by atoms with E-state index < -0.39 is 28.5 Å². The van der Waals surface area contributed by atoms with Crippen LogP contribution in [-0.4, -0.2) is 34.0 Å². The number of rotatable bonds is 7. The average Bonchev–Trinajstić information content (AvgIpc) is 2.65. The number of methoxy groups -OCH3 is 1. The largest absolute Gasteiger partial charge is 0.465 e. The van der Waals surface area contributed by atoms with Crippen LogP contribution in [0.1, 0.15) is 15.9 Å². The van der Waals surface area contributed by atoms with Gasteiger partial charge in [0, 0.05) is 0 Å². The van der Waals surface area contributed by atoms with E-state index in [-0.39, 0.29) is 17.1 Å². The maximum Gasteiger partial charge on any atom is 0.339 e. The molecule has 8 heteroatoms. The molecular weight excluding hydrogens is 346 g/mol. The molecule has 0 fully saturated rings. The molecule has 25 heavy (non-hydrogen) atoms. The number of benzene rings is 2. The van der Waals surface area contributed by atoms with E-state index in [0.717, 1.165) is 12.7 Å². The van der Waals surface area contributed by atoms with E-state index in [2.05, 4.69) is 9.46 Å². The molecular formula is C17H17NO6S. The van der Waals surface area contributed by atoms with Crippen molar-refractivity contribution < 1.29 is 27.5 Å². The topological polar surface area (TPSA) is 98.8 Å². The molecule has 0 aliphatic carbocycles. The Bertz CT molecular complexity index is 848. The van der Waals surface area contributed by atoms with Crippen LogP contribution < -0.4 is 4.72 Å². The van der Waals surface area contributed by atoms with Crippen molar-refractivity contribution in [1.29, 1.82) is 0 Å². The maximum atomic E-state index is 12.3. The molecule has 0 aliphatic rings. The summed E-state index contributed by atoms with van der Waals surface area (Å²) in [7, 11) is -2.92. The molecule has 0 unspecified atom stereocenters. The lowest BCUT2D eigenvalue weighted by molar-refractivity contribution is -0.143. The Labute approximate surface area is 145 Å². The monoisotopic (exact) mass is 363 g/mol. The van der Waals surface area contributed by atoms with Crippen LogP contribution in [0.2, 0.25) is 0 Å². The first kappa shape index (κ1) is 18.6. The molecule has 0 atom stereocenters. The van der Waals surface area contributed by atoms with Crippen LogP contribution in [0.5, 0.6) is 0 Å². The molecule has 7 nitrogen and oxygen atoms in total. The zero-order valence-corrected chi connectivity index (χ0v) is 14.3. The lowest BCUT2D eigenvalue weighted by Gasteiger charge is -2.10. The number of esters is 2. The molecule has 0 radical (unpaired) electrons. The molecule has 132 valence electrons. The normalized spacial score (nSPS) is 10.9. The highest BCUT2D eigenvalue weighted by molar-refractivity contribution is 7.89. The number of nitrogens with one attached hydrogen (secondary N) is 1. The number of hydrogen-bond donors (Lipinski definition) is 1. The number of carbonyl (C=O) groups excluding carboxylic acids is 2. The third-order valence-corrected chi connectivity index (χ3v) is 4.69. The van der Waals surface area contributed by atoms with Crippen molar-refractivity contribution in [1.82, 2.24) is 4.72 Å². The maximum absolute atomic E-state index is 12.3. The summed E-state index contributed by atoms with van der Waals surface area (Å²) >= 11 is 0. The van der Waals surface area contributed by atoms with Gasteiger partial charge in [-0.3, -0.25) is 4.79 Å². The smallest absolute Gasteiger partial charge is 0.339 e. The van der Waals surface area contributed by atoms with Crippen LogP contribution in [0.15, 0.2) is 59.5 Å². The third kappa shape index (κ3) is 5.13. The van der Waals surface area contributed by atoms with Crippen LogP contribution in [0, 0.1) is 0 Å². The molecule has 1 N–H and O–H groups in total. The van der Waals surface area contributed by atoms with Gasteiger partial charge in [-0.15, -0.1) is 0 Å². The number of ether oxygens (including phenoxy) is 2. The summed E-state index contributed by atoms with van der Waals surface area (Å²) in [4.78, 5) is 23.1. The van der Waals surface area contributed by atoms with Crippen LogP contribution >= 0.6 is 0 Å². The number of carbonyl (C=O) groups is 2. The van der Waals surface area contributed by atoms with Crippen molar-refractivity contribution in [3.05, 3.63) is 65.7 Å². The van der Waals surface area contributed by atoms with E-state index in [4.69, 9.17) is 4.74 Å². The minimum atomic E-state index is -4.08. The Kier molecular flexibility index (Phi) is 6.26. The average molecular weight is 363 g/mol. The van der Waals surface area contributed by atoms with Gasteiger partial charge in [0.25, 0.3) is 0 Å². The molecule has 0 heterocycles. The fourth-order valence-corrected chi connectivity index (χ4v) is 3.16. The van der Waals surface area contributed by atoms with Gasteiger partial charge in [-0.2, -0.15) is 4.72 Å². The Morgan fingerprint density at radius 1 is 1.00 bits per heavy atom. The van der Waals surface area contributed by atoms with Gasteiger partial charge in [0.2, 0.25) is 10.0 Å². The van der Waals surface area contributed by atoms with Crippen LogP contribution in [-0.2, 0) is 30.9 Å². The van der Waals surface area contributed by atoms with Crippen molar-refractivity contribution in [2.75, 3.05) is 13.7 Å². The van der Waals surface area contributed by atoms with Gasteiger partial charge in [0.15, 0.2) is 0 Å². The van der Waals surface area contributed by atoms with E-state index in [1.54, 1.807) is 24.3 Å². The molecule has 0 saturated heterocycles. The second-order valence-electron chi connectivity index (χ2n) is 4.96. The van der Waals surface area contributed by atoms with Crippen molar-refractivity contribution >= 4 is 22.0 Å². The Balaban J connectivity index is 2.00. The first-order valence-corrected chi connectivity index (χ1v) is 8.79. The highest BCUT2D eigenvalue weighted by Gasteiger charge is 2.23. The summed E-state index contributed by atoms with van der Waals surface area (Å²) < 4.78 is 36.3. The van der Waals surface area contributed by atoms with Crippen molar-refractivity contribution in [2.24, 2.45) is 0 Å². The molecule has 0 saturated carbocycles. The predicted octanol–water partition coefficient (Wildman–Crippen LogP) is 1.49. The predicted molar refractivity (Wildman–Crippen MR) is 89.2 cm³/mol. The van der Waals surface area contributed by atoms with Crippen LogP contribution in [0.4, 0.5) is 0 Å². The number of hydrogen-bond acceptors (Lipinski definition) is 6. The van der Waals surface area contributed by atoms with E-state index in [1.807, 2.05) is 6.07 Å². The van der Waals surface area contributed by atoms with Gasteiger partial charge in [0.1, 0.15) is 13.2 Å². The second kappa shape index (κ2) is 8.41. The molecule has 0 spiro atoms. The second-order valence-corrected chi connectivity index (χ2v) is 6.69. The summed E-state index contributed by atoms with van der Waals surface area (Å²) in [5.74, 6) is -1.52. The van der Waals surface area contributed by atoms with E-state index in [0.29, 0.717) is 0 Å². The lowest BCUT2D eigenvalue weighted by atomic mass is 10.2. The molecule has 0 bridgehead atoms. The zero-order valence-electron chi connectivity index (χ0n) is 13.5. The van der Waals surface area contributed by atoms with Gasteiger partial charge in [-0.1, -0.05) is 42.5 Å². The zero-order chi connectivity index (χ0) is 18.3. The first-order valence-electron chi connectivity index (χ1n) is 7.30. The summed E-state index contributed by atoms with van der Waals surface area (Å²) in [6.07, 6.45) is 0. The van der Waals surface area contributed by atoms with Crippen molar-refractivity contribution in [3.63, 3.8) is 0 Å². The van der Waals surface area contributed by atoms with E-state index in [9.17, 15) is 18.0 Å². The third-order valence-electron chi connectivity index (χ3n) is 3.23. The SMILES string of the molecule is COC(=O)c1ccccc1S(=O)(=O)NCC(=O)OCc1ccccc1. The van der Waals surface area contributed by atoms with E-state index in [1.165, 1.54) is 24.3 Å². The summed E-state index contributed by atoms with van der Waals surface area (Å²) in [6, 6.07) is 14.6. The van der Waals surface area contributed by atoms with E-state index >= 15 is 0 Å². The fourth-order valence-electron chi connectivity index (χ4n) is 2.00. The van der Waals surface area contributed by atoms with Crippen LogP contribution in [0.3, 0.4) is 0 Å². The molecule has 0 aromatic heterocycles. The van der Waals surface area contributed by atoms with Crippen molar-refractivity contribution in [2.45, 2.75) is 11.5 Å². The fraction of sp³-hybridized carbons (Fsp3) is 0.176. The lowest BCUT2D eigenvalue weighted by Crippen LogP contribution is -2.31. The van der Waals surface area contributed by atoms with Gasteiger partial charge >= 0.3 is 11.9 Å². The van der Waals surface area contributed by atoms with Gasteiger partial charge in [-0.05, 0) is 17.7 Å². The summed E-state index contributed by atoms with van der Waals surface area (Å²) in [5.41, 5.74) is 0.671. The Hall–Kier alpha value is -2.71. The highest BCUT2D eigenvalue weighted by atomic mass is 32.2. The molecule has 2 aromatic carbocycles.